The molecule has 1 aromatic rings. The summed E-state index contributed by atoms with van der Waals surface area (Å²) in [5, 5.41) is 8.99. The van der Waals surface area contributed by atoms with Crippen molar-refractivity contribution in [1.82, 2.24) is 0 Å². The number of aromatic carboxylic acids is 1. The lowest BCUT2D eigenvalue weighted by molar-refractivity contribution is 0.0697. The summed E-state index contributed by atoms with van der Waals surface area (Å²) in [6.07, 6.45) is 21.6. The Morgan fingerprint density at radius 1 is 0.929 bits per heavy atom. The lowest BCUT2D eigenvalue weighted by Crippen LogP contribution is -2.25. The van der Waals surface area contributed by atoms with Gasteiger partial charge in [-0.2, -0.15) is 0 Å². The topological polar surface area (TPSA) is 37.3 Å². The molecule has 3 rings (SSSR count). The first kappa shape index (κ1) is 21.1. The van der Waals surface area contributed by atoms with Crippen LogP contribution in [-0.2, 0) is 0 Å². The van der Waals surface area contributed by atoms with Gasteiger partial charge in [-0.1, -0.05) is 69.7 Å². The second-order valence-electron chi connectivity index (χ2n) is 9.24. The largest absolute Gasteiger partial charge is 0.478 e. The number of carboxylic acids is 1. The fourth-order valence-electron chi connectivity index (χ4n) is 5.42. The molecule has 0 atom stereocenters. The van der Waals surface area contributed by atoms with E-state index in [2.05, 4.69) is 19.1 Å². The number of carbonyl (C=O) groups is 1. The highest BCUT2D eigenvalue weighted by Gasteiger charge is 2.30. The van der Waals surface area contributed by atoms with Crippen molar-refractivity contribution in [2.75, 3.05) is 0 Å². The Kier molecular flexibility index (Phi) is 8.18. The minimum Gasteiger partial charge on any atom is -0.478 e. The van der Waals surface area contributed by atoms with Gasteiger partial charge in [-0.05, 0) is 79.9 Å². The number of allylic oxidation sites excluding steroid dienone is 1. The number of unbranched alkanes of at least 4 members (excludes halogenated alkanes) is 2. The molecular weight excluding hydrogens is 344 g/mol. The first-order valence-corrected chi connectivity index (χ1v) is 11.7. The Bertz CT molecular complexity index is 614. The standard InChI is InChI=1S/C26H38O2/c1-2-3-4-5-20-8-14-23(15-9-20)24-16-10-21(11-17-24)6-7-22-12-18-25(19-13-22)26(27)28/h6-7,12-13,18-21,23-24H,2-5,8-11,14-17H2,1H3,(H,27,28)/b7-6+/t20-,21?,23-,24?. The molecule has 0 spiro atoms. The predicted molar refractivity (Wildman–Crippen MR) is 117 cm³/mol. The second-order valence-corrected chi connectivity index (χ2v) is 9.24. The minimum atomic E-state index is -0.858. The third-order valence-corrected chi connectivity index (χ3v) is 7.31. The highest BCUT2D eigenvalue weighted by atomic mass is 16.4. The van der Waals surface area contributed by atoms with Crippen LogP contribution < -0.4 is 0 Å². The average molecular weight is 383 g/mol. The summed E-state index contributed by atoms with van der Waals surface area (Å²) < 4.78 is 0. The molecule has 2 aliphatic rings. The Morgan fingerprint density at radius 2 is 1.54 bits per heavy atom. The monoisotopic (exact) mass is 382 g/mol. The van der Waals surface area contributed by atoms with Crippen LogP contribution in [0.3, 0.4) is 0 Å². The van der Waals surface area contributed by atoms with E-state index in [0.717, 1.165) is 23.3 Å². The van der Waals surface area contributed by atoms with Crippen molar-refractivity contribution in [2.45, 2.75) is 84.0 Å². The number of hydrogen-bond acceptors (Lipinski definition) is 1. The van der Waals surface area contributed by atoms with Crippen LogP contribution in [0.25, 0.3) is 6.08 Å². The zero-order valence-electron chi connectivity index (χ0n) is 17.6. The average Bonchev–Trinajstić information content (AvgIpc) is 2.74. The van der Waals surface area contributed by atoms with Crippen LogP contribution >= 0.6 is 0 Å². The van der Waals surface area contributed by atoms with Crippen molar-refractivity contribution >= 4 is 12.0 Å². The summed E-state index contributed by atoms with van der Waals surface area (Å²) in [4.78, 5) is 10.9. The fourth-order valence-corrected chi connectivity index (χ4v) is 5.42. The van der Waals surface area contributed by atoms with Gasteiger partial charge in [-0.25, -0.2) is 4.79 Å². The van der Waals surface area contributed by atoms with Crippen molar-refractivity contribution in [1.29, 1.82) is 0 Å². The van der Waals surface area contributed by atoms with Gasteiger partial charge in [-0.3, -0.25) is 0 Å². The molecule has 0 amide bonds. The Labute approximate surface area is 171 Å². The van der Waals surface area contributed by atoms with Gasteiger partial charge in [0.25, 0.3) is 0 Å². The Morgan fingerprint density at radius 3 is 2.11 bits per heavy atom. The number of benzene rings is 1. The molecule has 0 aromatic heterocycles. The third kappa shape index (κ3) is 6.22. The van der Waals surface area contributed by atoms with E-state index >= 15 is 0 Å². The molecule has 0 unspecified atom stereocenters. The van der Waals surface area contributed by atoms with Gasteiger partial charge in [0.05, 0.1) is 5.56 Å². The van der Waals surface area contributed by atoms with Crippen molar-refractivity contribution < 1.29 is 9.90 Å². The molecule has 1 aromatic carbocycles. The van der Waals surface area contributed by atoms with E-state index in [1.807, 2.05) is 12.1 Å². The molecule has 2 fully saturated rings. The van der Waals surface area contributed by atoms with E-state index in [-0.39, 0.29) is 0 Å². The molecule has 2 aliphatic carbocycles. The van der Waals surface area contributed by atoms with Gasteiger partial charge in [0, 0.05) is 0 Å². The molecule has 154 valence electrons. The quantitative estimate of drug-likeness (QED) is 0.470. The van der Waals surface area contributed by atoms with Gasteiger partial charge in [0.2, 0.25) is 0 Å². The van der Waals surface area contributed by atoms with Crippen LogP contribution in [0.2, 0.25) is 0 Å². The smallest absolute Gasteiger partial charge is 0.335 e. The Hall–Kier alpha value is -1.57. The van der Waals surface area contributed by atoms with Crippen molar-refractivity contribution in [3.63, 3.8) is 0 Å². The lowest BCUT2D eigenvalue weighted by Gasteiger charge is -2.37. The van der Waals surface area contributed by atoms with Gasteiger partial charge >= 0.3 is 5.97 Å². The third-order valence-electron chi connectivity index (χ3n) is 7.31. The first-order chi connectivity index (χ1) is 13.7. The SMILES string of the molecule is CCCCC[C@H]1CC[C@H](C2CCC(/C=C/c3ccc(C(=O)O)cc3)CC2)CC1. The first-order valence-electron chi connectivity index (χ1n) is 11.7. The molecule has 0 aliphatic heterocycles. The van der Waals surface area contributed by atoms with Gasteiger partial charge in [0.15, 0.2) is 0 Å². The maximum atomic E-state index is 10.9. The molecule has 0 radical (unpaired) electrons. The van der Waals surface area contributed by atoms with Crippen LogP contribution in [0.4, 0.5) is 0 Å². The fraction of sp³-hybridized carbons (Fsp3) is 0.654. The van der Waals surface area contributed by atoms with E-state index in [0.29, 0.717) is 11.5 Å². The van der Waals surface area contributed by atoms with E-state index in [9.17, 15) is 4.79 Å². The molecule has 0 bridgehead atoms. The molecule has 2 nitrogen and oxygen atoms in total. The van der Waals surface area contributed by atoms with Gasteiger partial charge in [-0.15, -0.1) is 0 Å². The summed E-state index contributed by atoms with van der Waals surface area (Å²) in [5.41, 5.74) is 1.46. The summed E-state index contributed by atoms with van der Waals surface area (Å²) >= 11 is 0. The minimum absolute atomic E-state index is 0.359. The van der Waals surface area contributed by atoms with Crippen molar-refractivity contribution in [2.24, 2.45) is 23.7 Å². The van der Waals surface area contributed by atoms with Crippen LogP contribution in [0.5, 0.6) is 0 Å². The molecule has 2 saturated carbocycles. The maximum absolute atomic E-state index is 10.9. The van der Waals surface area contributed by atoms with E-state index in [1.165, 1.54) is 77.0 Å². The molecule has 1 N–H and O–H groups in total. The normalized spacial score (nSPS) is 28.5. The zero-order chi connectivity index (χ0) is 19.8. The maximum Gasteiger partial charge on any atom is 0.335 e. The molecule has 28 heavy (non-hydrogen) atoms. The van der Waals surface area contributed by atoms with Crippen LogP contribution in [0, 0.1) is 23.7 Å². The molecular formula is C26H38O2. The molecule has 0 heterocycles. The van der Waals surface area contributed by atoms with Gasteiger partial charge in [0.1, 0.15) is 0 Å². The molecule has 2 heteroatoms. The zero-order valence-corrected chi connectivity index (χ0v) is 17.6. The molecule has 0 saturated heterocycles. The van der Waals surface area contributed by atoms with E-state index < -0.39 is 5.97 Å². The van der Waals surface area contributed by atoms with E-state index in [4.69, 9.17) is 5.11 Å². The number of hydrogen-bond donors (Lipinski definition) is 1. The predicted octanol–water partition coefficient (Wildman–Crippen LogP) is 7.59. The highest BCUT2D eigenvalue weighted by Crippen LogP contribution is 2.42. The van der Waals surface area contributed by atoms with Crippen molar-refractivity contribution in [3.05, 3.63) is 41.5 Å². The van der Waals surface area contributed by atoms with Crippen LogP contribution in [0.15, 0.2) is 30.3 Å². The Balaban J connectivity index is 1.38. The summed E-state index contributed by atoms with van der Waals surface area (Å²) in [6, 6.07) is 7.20. The van der Waals surface area contributed by atoms with Crippen molar-refractivity contribution in [3.8, 4) is 0 Å². The summed E-state index contributed by atoms with van der Waals surface area (Å²) in [5.74, 6) is 2.83. The van der Waals surface area contributed by atoms with Gasteiger partial charge < -0.3 is 5.11 Å². The number of rotatable bonds is 8. The number of carboxylic acid groups (broad SMARTS) is 1. The summed E-state index contributed by atoms with van der Waals surface area (Å²) in [7, 11) is 0. The highest BCUT2D eigenvalue weighted by molar-refractivity contribution is 5.87. The summed E-state index contributed by atoms with van der Waals surface area (Å²) in [6.45, 7) is 2.30. The van der Waals surface area contributed by atoms with Crippen LogP contribution in [0.1, 0.15) is 99.9 Å². The second kappa shape index (κ2) is 10.8. The van der Waals surface area contributed by atoms with Crippen LogP contribution in [-0.4, -0.2) is 11.1 Å². The van der Waals surface area contributed by atoms with E-state index in [1.54, 1.807) is 12.1 Å². The lowest BCUT2D eigenvalue weighted by atomic mass is 9.68.